The number of sulfonamides is 1. The van der Waals surface area contributed by atoms with E-state index in [1.165, 1.54) is 0 Å². The van der Waals surface area contributed by atoms with E-state index in [4.69, 9.17) is 0 Å². The first kappa shape index (κ1) is 23.1. The van der Waals surface area contributed by atoms with E-state index in [1.54, 1.807) is 13.1 Å². The van der Waals surface area contributed by atoms with Crippen molar-refractivity contribution in [1.82, 2.24) is 20.3 Å². The van der Waals surface area contributed by atoms with Gasteiger partial charge in [0.25, 0.3) is 0 Å². The number of rotatable bonds is 10. The van der Waals surface area contributed by atoms with Gasteiger partial charge < -0.3 is 10.6 Å². The Morgan fingerprint density at radius 2 is 2.00 bits per heavy atom. The average molecular weight is 469 g/mol. The van der Waals surface area contributed by atoms with Crippen molar-refractivity contribution >= 4 is 40.0 Å². The van der Waals surface area contributed by atoms with Gasteiger partial charge in [-0.15, -0.1) is 24.0 Å². The number of guanidine groups is 1. The molecule has 0 saturated carbocycles. The van der Waals surface area contributed by atoms with E-state index in [1.807, 2.05) is 25.1 Å². The van der Waals surface area contributed by atoms with Crippen LogP contribution in [0.3, 0.4) is 0 Å². The summed E-state index contributed by atoms with van der Waals surface area (Å²) < 4.78 is 25.1. The Bertz CT molecular complexity index is 566. The molecular weight excluding hydrogens is 441 g/mol. The molecule has 0 aliphatic heterocycles. The SMILES string of the molecule is CCNC(=NCCCNS(=O)(=O)CC)NCCc1ccccn1.I. The molecular formula is C15H28IN5O2S. The molecule has 3 N–H and O–H groups in total. The number of nitrogens with zero attached hydrogens (tertiary/aromatic N) is 2. The van der Waals surface area contributed by atoms with Gasteiger partial charge >= 0.3 is 0 Å². The number of hydrogen-bond donors (Lipinski definition) is 3. The van der Waals surface area contributed by atoms with Gasteiger partial charge in [-0.1, -0.05) is 6.07 Å². The number of nitrogens with one attached hydrogen (secondary N) is 3. The number of aliphatic imine (C=N–C) groups is 1. The molecule has 0 fully saturated rings. The summed E-state index contributed by atoms with van der Waals surface area (Å²) in [5, 5.41) is 6.41. The van der Waals surface area contributed by atoms with Gasteiger partial charge in [0, 0.05) is 44.5 Å². The standard InChI is InChI=1S/C15H27N5O2S.HI/c1-3-16-15(18-11-7-12-20-23(21,22)4-2)19-13-9-14-8-5-6-10-17-14;/h5-6,8,10,20H,3-4,7,9,11-13H2,1-2H3,(H2,16,18,19);1H. The third-order valence-electron chi connectivity index (χ3n) is 3.05. The predicted molar refractivity (Wildman–Crippen MR) is 109 cm³/mol. The molecule has 7 nitrogen and oxygen atoms in total. The lowest BCUT2D eigenvalue weighted by Crippen LogP contribution is -2.38. The third kappa shape index (κ3) is 10.8. The number of aromatic nitrogens is 1. The summed E-state index contributed by atoms with van der Waals surface area (Å²) in [5.41, 5.74) is 1.03. The average Bonchev–Trinajstić information content (AvgIpc) is 2.55. The van der Waals surface area contributed by atoms with Crippen molar-refractivity contribution in [2.24, 2.45) is 4.99 Å². The molecule has 24 heavy (non-hydrogen) atoms. The Morgan fingerprint density at radius 3 is 2.62 bits per heavy atom. The van der Waals surface area contributed by atoms with Crippen LogP contribution >= 0.6 is 24.0 Å². The van der Waals surface area contributed by atoms with Crippen molar-refractivity contribution in [1.29, 1.82) is 0 Å². The summed E-state index contributed by atoms with van der Waals surface area (Å²) in [6.45, 7) is 6.11. The highest BCUT2D eigenvalue weighted by molar-refractivity contribution is 14.0. The summed E-state index contributed by atoms with van der Waals surface area (Å²) in [7, 11) is -3.11. The van der Waals surface area contributed by atoms with Crippen molar-refractivity contribution in [2.45, 2.75) is 26.7 Å². The van der Waals surface area contributed by atoms with E-state index in [0.29, 0.717) is 19.5 Å². The van der Waals surface area contributed by atoms with Crippen molar-refractivity contribution in [3.8, 4) is 0 Å². The Kier molecular flexibility index (Phi) is 12.8. The zero-order valence-electron chi connectivity index (χ0n) is 14.3. The van der Waals surface area contributed by atoms with Crippen molar-refractivity contribution < 1.29 is 8.42 Å². The first-order chi connectivity index (χ1) is 11.1. The van der Waals surface area contributed by atoms with Crippen LogP contribution in [0.25, 0.3) is 0 Å². The van der Waals surface area contributed by atoms with E-state index in [-0.39, 0.29) is 29.7 Å². The molecule has 0 spiro atoms. The Hall–Kier alpha value is -0.940. The summed E-state index contributed by atoms with van der Waals surface area (Å²) in [5.74, 6) is 0.843. The van der Waals surface area contributed by atoms with Crippen molar-refractivity contribution in [3.63, 3.8) is 0 Å². The van der Waals surface area contributed by atoms with Gasteiger partial charge in [-0.05, 0) is 32.4 Å². The molecule has 0 saturated heterocycles. The second-order valence-corrected chi connectivity index (χ2v) is 7.01. The minimum absolute atomic E-state index is 0. The van der Waals surface area contributed by atoms with Crippen LogP contribution in [0.1, 0.15) is 26.0 Å². The zero-order valence-corrected chi connectivity index (χ0v) is 17.4. The van der Waals surface area contributed by atoms with Crippen molar-refractivity contribution in [3.05, 3.63) is 30.1 Å². The molecule has 0 bridgehead atoms. The molecule has 9 heteroatoms. The molecule has 1 rings (SSSR count). The van der Waals surface area contributed by atoms with Gasteiger partial charge in [0.2, 0.25) is 10.0 Å². The summed E-state index contributed by atoms with van der Waals surface area (Å²) in [4.78, 5) is 8.70. The summed E-state index contributed by atoms with van der Waals surface area (Å²) in [6.07, 6.45) is 3.27. The first-order valence-electron chi connectivity index (χ1n) is 7.96. The predicted octanol–water partition coefficient (Wildman–Crippen LogP) is 1.13. The van der Waals surface area contributed by atoms with Gasteiger partial charge in [-0.25, -0.2) is 13.1 Å². The van der Waals surface area contributed by atoms with E-state index in [9.17, 15) is 8.42 Å². The third-order valence-corrected chi connectivity index (χ3v) is 4.45. The molecule has 1 aromatic heterocycles. The molecule has 0 unspecified atom stereocenters. The Balaban J connectivity index is 0.00000529. The van der Waals surface area contributed by atoms with E-state index < -0.39 is 10.0 Å². The van der Waals surface area contributed by atoms with Crippen LogP contribution < -0.4 is 15.4 Å². The van der Waals surface area contributed by atoms with Crippen molar-refractivity contribution in [2.75, 3.05) is 31.9 Å². The Morgan fingerprint density at radius 1 is 1.21 bits per heavy atom. The van der Waals surface area contributed by atoms with Crippen LogP contribution in [-0.4, -0.2) is 51.3 Å². The number of pyridine rings is 1. The first-order valence-corrected chi connectivity index (χ1v) is 9.62. The number of hydrogen-bond acceptors (Lipinski definition) is 4. The van der Waals surface area contributed by atoms with Gasteiger partial charge in [0.15, 0.2) is 5.96 Å². The van der Waals surface area contributed by atoms with Crippen LogP contribution in [0.2, 0.25) is 0 Å². The second-order valence-electron chi connectivity index (χ2n) is 4.91. The van der Waals surface area contributed by atoms with Gasteiger partial charge in [0.05, 0.1) is 5.75 Å². The molecule has 1 aromatic rings. The quantitative estimate of drug-likeness (QED) is 0.207. The lowest BCUT2D eigenvalue weighted by molar-refractivity contribution is 0.581. The number of halogens is 1. The largest absolute Gasteiger partial charge is 0.357 e. The molecule has 0 aliphatic rings. The topological polar surface area (TPSA) is 95.5 Å². The van der Waals surface area contributed by atoms with E-state index in [0.717, 1.165) is 31.2 Å². The minimum Gasteiger partial charge on any atom is -0.357 e. The van der Waals surface area contributed by atoms with Gasteiger partial charge in [0.1, 0.15) is 0 Å². The lowest BCUT2D eigenvalue weighted by Gasteiger charge is -2.11. The highest BCUT2D eigenvalue weighted by atomic mass is 127. The minimum atomic E-state index is -3.11. The van der Waals surface area contributed by atoms with Gasteiger partial charge in [-0.2, -0.15) is 0 Å². The molecule has 0 amide bonds. The summed E-state index contributed by atoms with van der Waals surface area (Å²) >= 11 is 0. The highest BCUT2D eigenvalue weighted by Crippen LogP contribution is 1.93. The lowest BCUT2D eigenvalue weighted by atomic mass is 10.3. The van der Waals surface area contributed by atoms with Crippen LogP contribution in [0.15, 0.2) is 29.4 Å². The van der Waals surface area contributed by atoms with E-state index in [2.05, 4.69) is 25.3 Å². The monoisotopic (exact) mass is 469 g/mol. The maximum absolute atomic E-state index is 11.3. The van der Waals surface area contributed by atoms with Crippen LogP contribution in [-0.2, 0) is 16.4 Å². The maximum atomic E-state index is 11.3. The molecule has 1 heterocycles. The van der Waals surface area contributed by atoms with Crippen LogP contribution in [0.4, 0.5) is 0 Å². The fourth-order valence-electron chi connectivity index (χ4n) is 1.80. The van der Waals surface area contributed by atoms with Gasteiger partial charge in [-0.3, -0.25) is 9.98 Å². The molecule has 0 radical (unpaired) electrons. The molecule has 0 aliphatic carbocycles. The Labute approximate surface area is 162 Å². The smallest absolute Gasteiger partial charge is 0.211 e. The fourth-order valence-corrected chi connectivity index (χ4v) is 2.46. The van der Waals surface area contributed by atoms with E-state index >= 15 is 0 Å². The summed E-state index contributed by atoms with van der Waals surface area (Å²) in [6, 6.07) is 5.86. The zero-order chi connectivity index (χ0) is 17.0. The normalized spacial score (nSPS) is 11.7. The molecule has 0 atom stereocenters. The molecule has 138 valence electrons. The highest BCUT2D eigenvalue weighted by Gasteiger charge is 2.04. The molecule has 0 aromatic carbocycles. The van der Waals surface area contributed by atoms with Crippen LogP contribution in [0.5, 0.6) is 0 Å². The van der Waals surface area contributed by atoms with Crippen LogP contribution in [0, 0.1) is 0 Å². The maximum Gasteiger partial charge on any atom is 0.211 e. The fraction of sp³-hybridized carbons (Fsp3) is 0.600. The second kappa shape index (κ2) is 13.4.